The van der Waals surface area contributed by atoms with Crippen molar-refractivity contribution in [2.45, 2.75) is 33.2 Å². The number of esters is 1. The Morgan fingerprint density at radius 1 is 1.44 bits per heavy atom. The number of hydrogen-bond donors (Lipinski definition) is 0. The Morgan fingerprint density at radius 2 is 2.06 bits per heavy atom. The van der Waals surface area contributed by atoms with Crippen LogP contribution in [0.5, 0.6) is 0 Å². The lowest BCUT2D eigenvalue weighted by Crippen LogP contribution is -2.41. The molecular formula is C12H17BrN2O3. The number of Topliss-reactive ketones (excluding diaryl/α,β-unsaturated/α-hetero) is 1. The number of hydrogen-bond acceptors (Lipinski definition) is 4. The molecule has 0 amide bonds. The number of ether oxygens (including phenoxy) is 1. The second-order valence-corrected chi connectivity index (χ2v) is 4.98. The number of aromatic nitrogens is 2. The molecule has 5 nitrogen and oxygen atoms in total. The SMILES string of the molecule is CCC(CC)(C(=O)Cn1cc(Br)cn1)C(=O)OC. The summed E-state index contributed by atoms with van der Waals surface area (Å²) in [4.78, 5) is 24.2. The zero-order chi connectivity index (χ0) is 13.8. The van der Waals surface area contributed by atoms with E-state index in [-0.39, 0.29) is 12.3 Å². The minimum absolute atomic E-state index is 0.0718. The Kier molecular flexibility index (Phi) is 5.07. The molecule has 1 heterocycles. The first-order valence-corrected chi connectivity index (χ1v) is 6.59. The Labute approximate surface area is 115 Å². The molecule has 0 aromatic carbocycles. The van der Waals surface area contributed by atoms with Gasteiger partial charge in [-0.15, -0.1) is 0 Å². The van der Waals surface area contributed by atoms with Gasteiger partial charge in [0.05, 0.1) is 17.8 Å². The van der Waals surface area contributed by atoms with Crippen LogP contribution < -0.4 is 0 Å². The lowest BCUT2D eigenvalue weighted by molar-refractivity contribution is -0.159. The molecule has 0 aliphatic carbocycles. The van der Waals surface area contributed by atoms with E-state index in [0.29, 0.717) is 12.8 Å². The molecule has 18 heavy (non-hydrogen) atoms. The zero-order valence-electron chi connectivity index (χ0n) is 10.8. The summed E-state index contributed by atoms with van der Waals surface area (Å²) < 4.78 is 7.07. The third kappa shape index (κ3) is 2.80. The average Bonchev–Trinajstić information content (AvgIpc) is 2.76. The van der Waals surface area contributed by atoms with Crippen molar-refractivity contribution >= 4 is 27.7 Å². The molecule has 0 bridgehead atoms. The fourth-order valence-corrected chi connectivity index (χ4v) is 2.29. The quantitative estimate of drug-likeness (QED) is 0.596. The highest BCUT2D eigenvalue weighted by molar-refractivity contribution is 9.10. The fourth-order valence-electron chi connectivity index (χ4n) is 1.97. The number of carbonyl (C=O) groups is 2. The average molecular weight is 317 g/mol. The Morgan fingerprint density at radius 3 is 2.44 bits per heavy atom. The zero-order valence-corrected chi connectivity index (χ0v) is 12.4. The molecule has 0 saturated carbocycles. The molecule has 0 saturated heterocycles. The second kappa shape index (κ2) is 6.13. The first kappa shape index (κ1) is 14.9. The van der Waals surface area contributed by atoms with Crippen LogP contribution >= 0.6 is 15.9 Å². The maximum atomic E-state index is 12.3. The van der Waals surface area contributed by atoms with Crippen molar-refractivity contribution in [1.29, 1.82) is 0 Å². The van der Waals surface area contributed by atoms with Gasteiger partial charge in [-0.25, -0.2) is 0 Å². The number of rotatable bonds is 6. The van der Waals surface area contributed by atoms with E-state index in [0.717, 1.165) is 4.47 Å². The molecule has 0 atom stereocenters. The molecule has 0 spiro atoms. The number of halogens is 1. The van der Waals surface area contributed by atoms with Crippen molar-refractivity contribution in [3.8, 4) is 0 Å². The van der Waals surface area contributed by atoms with Crippen LogP contribution in [0.2, 0.25) is 0 Å². The van der Waals surface area contributed by atoms with Gasteiger partial charge in [-0.05, 0) is 28.8 Å². The third-order valence-corrected chi connectivity index (χ3v) is 3.63. The van der Waals surface area contributed by atoms with Crippen molar-refractivity contribution < 1.29 is 14.3 Å². The van der Waals surface area contributed by atoms with Crippen LogP contribution in [0, 0.1) is 5.41 Å². The predicted molar refractivity (Wildman–Crippen MR) is 70.0 cm³/mol. The van der Waals surface area contributed by atoms with Gasteiger partial charge < -0.3 is 4.74 Å². The summed E-state index contributed by atoms with van der Waals surface area (Å²) >= 11 is 3.26. The van der Waals surface area contributed by atoms with Crippen molar-refractivity contribution in [1.82, 2.24) is 9.78 Å². The summed E-state index contributed by atoms with van der Waals surface area (Å²) in [6.07, 6.45) is 4.16. The van der Waals surface area contributed by atoms with Crippen LogP contribution in [0.4, 0.5) is 0 Å². The van der Waals surface area contributed by atoms with E-state index < -0.39 is 11.4 Å². The van der Waals surface area contributed by atoms with Gasteiger partial charge in [0, 0.05) is 6.20 Å². The van der Waals surface area contributed by atoms with Crippen LogP contribution in [0.3, 0.4) is 0 Å². The number of carbonyl (C=O) groups excluding carboxylic acids is 2. The summed E-state index contributed by atoms with van der Waals surface area (Å²) in [6.45, 7) is 3.71. The molecule has 100 valence electrons. The molecule has 0 N–H and O–H groups in total. The van der Waals surface area contributed by atoms with Crippen LogP contribution in [0.15, 0.2) is 16.9 Å². The molecule has 0 aliphatic rings. The topological polar surface area (TPSA) is 61.2 Å². The minimum atomic E-state index is -1.06. The van der Waals surface area contributed by atoms with Crippen molar-refractivity contribution in [2.75, 3.05) is 7.11 Å². The third-order valence-electron chi connectivity index (χ3n) is 3.22. The van der Waals surface area contributed by atoms with Crippen molar-refractivity contribution in [3.63, 3.8) is 0 Å². The molecule has 0 fully saturated rings. The minimum Gasteiger partial charge on any atom is -0.468 e. The summed E-state index contributed by atoms with van der Waals surface area (Å²) in [5.41, 5.74) is -1.06. The Bertz CT molecular complexity index is 438. The van der Waals surface area contributed by atoms with Crippen LogP contribution in [-0.4, -0.2) is 28.6 Å². The molecule has 6 heteroatoms. The van der Waals surface area contributed by atoms with E-state index in [4.69, 9.17) is 4.74 Å². The van der Waals surface area contributed by atoms with Crippen molar-refractivity contribution in [2.24, 2.45) is 5.41 Å². The maximum absolute atomic E-state index is 12.3. The standard InChI is InChI=1S/C12H17BrN2O3/c1-4-12(5-2,11(17)18-3)10(16)8-15-7-9(13)6-14-15/h6-7H,4-5,8H2,1-3H3. The number of ketones is 1. The van der Waals surface area contributed by atoms with Crippen LogP contribution in [0.25, 0.3) is 0 Å². The van der Waals surface area contributed by atoms with E-state index in [2.05, 4.69) is 21.0 Å². The summed E-state index contributed by atoms with van der Waals surface area (Å²) in [6, 6.07) is 0. The van der Waals surface area contributed by atoms with Gasteiger partial charge in [-0.3, -0.25) is 14.3 Å². The highest BCUT2D eigenvalue weighted by Gasteiger charge is 2.43. The number of methoxy groups -OCH3 is 1. The van der Waals surface area contributed by atoms with Gasteiger partial charge in [0.2, 0.25) is 0 Å². The lowest BCUT2D eigenvalue weighted by Gasteiger charge is -2.26. The summed E-state index contributed by atoms with van der Waals surface area (Å²) in [5.74, 6) is -0.640. The van der Waals surface area contributed by atoms with Gasteiger partial charge >= 0.3 is 5.97 Å². The molecular weight excluding hydrogens is 300 g/mol. The van der Waals surface area contributed by atoms with Gasteiger partial charge in [0.15, 0.2) is 5.78 Å². The normalized spacial score (nSPS) is 11.3. The van der Waals surface area contributed by atoms with E-state index in [9.17, 15) is 9.59 Å². The molecule has 0 radical (unpaired) electrons. The first-order chi connectivity index (χ1) is 8.50. The molecule has 1 aromatic heterocycles. The number of nitrogens with zero attached hydrogens (tertiary/aromatic N) is 2. The monoisotopic (exact) mass is 316 g/mol. The second-order valence-electron chi connectivity index (χ2n) is 4.06. The lowest BCUT2D eigenvalue weighted by atomic mass is 9.78. The molecule has 1 rings (SSSR count). The summed E-state index contributed by atoms with van der Waals surface area (Å²) in [5, 5.41) is 4.02. The summed E-state index contributed by atoms with van der Waals surface area (Å²) in [7, 11) is 1.31. The smallest absolute Gasteiger partial charge is 0.319 e. The highest BCUT2D eigenvalue weighted by atomic mass is 79.9. The van der Waals surface area contributed by atoms with Gasteiger partial charge in [-0.1, -0.05) is 13.8 Å². The fraction of sp³-hybridized carbons (Fsp3) is 0.583. The van der Waals surface area contributed by atoms with E-state index in [1.54, 1.807) is 12.4 Å². The maximum Gasteiger partial charge on any atom is 0.319 e. The molecule has 0 unspecified atom stereocenters. The van der Waals surface area contributed by atoms with E-state index in [1.165, 1.54) is 11.8 Å². The molecule has 1 aromatic rings. The van der Waals surface area contributed by atoms with Gasteiger partial charge in [-0.2, -0.15) is 5.10 Å². The van der Waals surface area contributed by atoms with E-state index in [1.807, 2.05) is 13.8 Å². The largest absolute Gasteiger partial charge is 0.468 e. The van der Waals surface area contributed by atoms with E-state index >= 15 is 0 Å². The van der Waals surface area contributed by atoms with Crippen LogP contribution in [0.1, 0.15) is 26.7 Å². The van der Waals surface area contributed by atoms with Gasteiger partial charge in [0.25, 0.3) is 0 Å². The highest BCUT2D eigenvalue weighted by Crippen LogP contribution is 2.30. The Hall–Kier alpha value is -1.17. The first-order valence-electron chi connectivity index (χ1n) is 5.79. The Balaban J connectivity index is 2.93. The van der Waals surface area contributed by atoms with Crippen LogP contribution in [-0.2, 0) is 20.9 Å². The molecule has 0 aliphatic heterocycles. The van der Waals surface area contributed by atoms with Crippen molar-refractivity contribution in [3.05, 3.63) is 16.9 Å². The predicted octanol–water partition coefficient (Wildman–Crippen LogP) is 2.19. The van der Waals surface area contributed by atoms with Gasteiger partial charge in [0.1, 0.15) is 12.0 Å².